The molecule has 1 aromatic rings. The Morgan fingerprint density at radius 2 is 1.90 bits per heavy atom. The molecule has 0 radical (unpaired) electrons. The number of nitrogens with zero attached hydrogens (tertiary/aromatic N) is 1. The van der Waals surface area contributed by atoms with Crippen LogP contribution in [-0.4, -0.2) is 36.4 Å². The number of carbonyl (C=O) groups excluding carboxylic acids is 2. The Bertz CT molecular complexity index is 575. The molecule has 1 aromatic carbocycles. The lowest BCUT2D eigenvalue weighted by molar-refractivity contribution is -0.136. The van der Waals surface area contributed by atoms with Crippen molar-refractivity contribution >= 4 is 40.7 Å². The highest BCUT2D eigenvalue weighted by atomic mass is 35.5. The van der Waals surface area contributed by atoms with Crippen molar-refractivity contribution < 1.29 is 23.1 Å². The summed E-state index contributed by atoms with van der Waals surface area (Å²) in [7, 11) is 1.38. The van der Waals surface area contributed by atoms with Crippen molar-refractivity contribution in [1.29, 1.82) is 0 Å². The average molecular weight is 339 g/mol. The summed E-state index contributed by atoms with van der Waals surface area (Å²) in [4.78, 5) is 24.2. The summed E-state index contributed by atoms with van der Waals surface area (Å²) < 4.78 is 28.6. The molecule has 1 fully saturated rings. The van der Waals surface area contributed by atoms with Crippen LogP contribution in [-0.2, 0) is 9.59 Å². The average Bonchev–Trinajstić information content (AvgIpc) is 2.61. The number of ether oxygens (including phenoxy) is 1. The summed E-state index contributed by atoms with van der Waals surface area (Å²) in [5.74, 6) is -1.04. The van der Waals surface area contributed by atoms with Crippen molar-refractivity contribution in [3.05, 3.63) is 22.2 Å². The Morgan fingerprint density at radius 3 is 2.33 bits per heavy atom. The van der Waals surface area contributed by atoms with E-state index in [1.54, 1.807) is 0 Å². The van der Waals surface area contributed by atoms with E-state index < -0.39 is 12.7 Å². The lowest BCUT2D eigenvalue weighted by Crippen LogP contribution is -2.31. The zero-order valence-electron chi connectivity index (χ0n) is 10.7. The Kier molecular flexibility index (Phi) is 4.53. The van der Waals surface area contributed by atoms with E-state index in [-0.39, 0.29) is 34.0 Å². The maximum Gasteiger partial charge on any atom is 0.387 e. The van der Waals surface area contributed by atoms with E-state index in [0.717, 1.165) is 4.90 Å². The van der Waals surface area contributed by atoms with Gasteiger partial charge >= 0.3 is 6.61 Å². The number of carbonyl (C=O) groups is 2. The molecular formula is C12H10Cl2F2N2O3. The molecule has 0 spiro atoms. The van der Waals surface area contributed by atoms with Gasteiger partial charge in [0.05, 0.1) is 16.5 Å². The quantitative estimate of drug-likeness (QED) is 0.857. The van der Waals surface area contributed by atoms with E-state index in [4.69, 9.17) is 23.2 Å². The van der Waals surface area contributed by atoms with Crippen molar-refractivity contribution in [3.63, 3.8) is 0 Å². The Labute approximate surface area is 128 Å². The fourth-order valence-corrected chi connectivity index (χ4v) is 2.49. The van der Waals surface area contributed by atoms with Crippen LogP contribution >= 0.6 is 23.2 Å². The first-order valence-corrected chi connectivity index (χ1v) is 6.56. The van der Waals surface area contributed by atoms with Gasteiger partial charge in [-0.25, -0.2) is 0 Å². The number of likely N-dealkylation sites (tertiary alicyclic amines) is 1. The van der Waals surface area contributed by atoms with Gasteiger partial charge in [-0.15, -0.1) is 0 Å². The van der Waals surface area contributed by atoms with Crippen LogP contribution in [0.4, 0.5) is 14.5 Å². The van der Waals surface area contributed by atoms with E-state index in [1.807, 2.05) is 0 Å². The lowest BCUT2D eigenvalue weighted by atomic mass is 10.2. The van der Waals surface area contributed by atoms with Crippen LogP contribution in [0.2, 0.25) is 10.0 Å². The molecule has 2 rings (SSSR count). The summed E-state index contributed by atoms with van der Waals surface area (Å²) >= 11 is 11.6. The van der Waals surface area contributed by atoms with Gasteiger partial charge < -0.3 is 10.1 Å². The SMILES string of the molecule is CN1C(=O)CC(Nc2cc(Cl)c(OC(F)F)c(Cl)c2)C1=O. The zero-order valence-corrected chi connectivity index (χ0v) is 12.2. The lowest BCUT2D eigenvalue weighted by Gasteiger charge is -2.15. The maximum absolute atomic E-state index is 12.2. The molecule has 0 bridgehead atoms. The maximum atomic E-state index is 12.2. The highest BCUT2D eigenvalue weighted by molar-refractivity contribution is 6.37. The molecule has 1 aliphatic heterocycles. The normalized spacial score (nSPS) is 18.6. The molecule has 1 unspecified atom stereocenters. The number of alkyl halides is 2. The molecule has 0 aliphatic carbocycles. The van der Waals surface area contributed by atoms with Gasteiger partial charge in [-0.1, -0.05) is 23.2 Å². The number of halogens is 4. The van der Waals surface area contributed by atoms with E-state index in [2.05, 4.69) is 10.1 Å². The zero-order chi connectivity index (χ0) is 15.7. The van der Waals surface area contributed by atoms with Crippen molar-refractivity contribution in [3.8, 4) is 5.75 Å². The molecule has 5 nitrogen and oxygen atoms in total. The number of hydrogen-bond acceptors (Lipinski definition) is 4. The summed E-state index contributed by atoms with van der Waals surface area (Å²) in [5, 5.41) is 2.53. The Balaban J connectivity index is 2.19. The third-order valence-corrected chi connectivity index (χ3v) is 3.49. The molecule has 1 atom stereocenters. The number of rotatable bonds is 4. The van der Waals surface area contributed by atoms with E-state index >= 15 is 0 Å². The van der Waals surface area contributed by atoms with Crippen molar-refractivity contribution in [2.45, 2.75) is 19.1 Å². The number of hydrogen-bond donors (Lipinski definition) is 1. The summed E-state index contributed by atoms with van der Waals surface area (Å²) in [6.45, 7) is -3.05. The highest BCUT2D eigenvalue weighted by Crippen LogP contribution is 2.37. The van der Waals surface area contributed by atoms with E-state index in [0.29, 0.717) is 5.69 Å². The van der Waals surface area contributed by atoms with Crippen LogP contribution in [0.15, 0.2) is 12.1 Å². The van der Waals surface area contributed by atoms with Gasteiger partial charge in [-0.3, -0.25) is 14.5 Å². The molecule has 0 saturated carbocycles. The predicted octanol–water partition coefficient (Wildman–Crippen LogP) is 2.76. The van der Waals surface area contributed by atoms with Crippen LogP contribution < -0.4 is 10.1 Å². The number of nitrogens with one attached hydrogen (secondary N) is 1. The number of benzene rings is 1. The van der Waals surface area contributed by atoms with Gasteiger partial charge in [0.2, 0.25) is 5.91 Å². The Hall–Kier alpha value is -1.60. The number of imide groups is 1. The fourth-order valence-electron chi connectivity index (χ4n) is 1.91. The molecule has 9 heteroatoms. The molecule has 1 heterocycles. The Morgan fingerprint density at radius 1 is 1.33 bits per heavy atom. The summed E-state index contributed by atoms with van der Waals surface area (Å²) in [6, 6.07) is 1.85. The van der Waals surface area contributed by atoms with Gasteiger partial charge in [0.1, 0.15) is 6.04 Å². The van der Waals surface area contributed by atoms with Crippen LogP contribution in [0.25, 0.3) is 0 Å². The molecule has 1 saturated heterocycles. The van der Waals surface area contributed by atoms with Crippen molar-refractivity contribution in [1.82, 2.24) is 4.90 Å². The van der Waals surface area contributed by atoms with Gasteiger partial charge in [0.15, 0.2) is 5.75 Å². The van der Waals surface area contributed by atoms with Crippen LogP contribution in [0, 0.1) is 0 Å². The fraction of sp³-hybridized carbons (Fsp3) is 0.333. The van der Waals surface area contributed by atoms with Gasteiger partial charge in [0, 0.05) is 12.7 Å². The molecular weight excluding hydrogens is 329 g/mol. The van der Waals surface area contributed by atoms with E-state index in [1.165, 1.54) is 19.2 Å². The number of anilines is 1. The number of amides is 2. The molecule has 114 valence electrons. The second-order valence-electron chi connectivity index (χ2n) is 4.34. The minimum Gasteiger partial charge on any atom is -0.432 e. The molecule has 1 N–H and O–H groups in total. The third kappa shape index (κ3) is 3.36. The molecule has 0 aromatic heterocycles. The molecule has 2 amide bonds. The monoisotopic (exact) mass is 338 g/mol. The third-order valence-electron chi connectivity index (χ3n) is 2.93. The highest BCUT2D eigenvalue weighted by Gasteiger charge is 2.36. The van der Waals surface area contributed by atoms with Crippen LogP contribution in [0.5, 0.6) is 5.75 Å². The largest absolute Gasteiger partial charge is 0.432 e. The van der Waals surface area contributed by atoms with Gasteiger partial charge in [-0.05, 0) is 12.1 Å². The minimum atomic E-state index is -3.05. The first-order chi connectivity index (χ1) is 9.79. The molecule has 21 heavy (non-hydrogen) atoms. The summed E-state index contributed by atoms with van der Waals surface area (Å²) in [6.07, 6.45) is -0.000142. The van der Waals surface area contributed by atoms with Crippen LogP contribution in [0.1, 0.15) is 6.42 Å². The predicted molar refractivity (Wildman–Crippen MR) is 72.9 cm³/mol. The summed E-state index contributed by atoms with van der Waals surface area (Å²) in [5.41, 5.74) is 0.327. The second kappa shape index (κ2) is 6.03. The van der Waals surface area contributed by atoms with Gasteiger partial charge in [0.25, 0.3) is 5.91 Å². The topological polar surface area (TPSA) is 58.6 Å². The van der Waals surface area contributed by atoms with Gasteiger partial charge in [-0.2, -0.15) is 8.78 Å². The minimum absolute atomic E-state index is 0.000142. The smallest absolute Gasteiger partial charge is 0.387 e. The number of likely N-dealkylation sites (N-methyl/N-ethyl adjacent to an activating group) is 1. The standard InChI is InChI=1S/C12H10Cl2F2N2O3/c1-18-9(19)4-8(11(18)20)17-5-2-6(13)10(7(14)3-5)21-12(15)16/h2-3,8,12,17H,4H2,1H3. The van der Waals surface area contributed by atoms with Crippen LogP contribution in [0.3, 0.4) is 0 Å². The first kappa shape index (κ1) is 15.8. The first-order valence-electron chi connectivity index (χ1n) is 5.80. The van der Waals surface area contributed by atoms with E-state index in [9.17, 15) is 18.4 Å². The molecule has 1 aliphatic rings. The van der Waals surface area contributed by atoms with Crippen molar-refractivity contribution in [2.24, 2.45) is 0 Å². The van der Waals surface area contributed by atoms with Crippen molar-refractivity contribution in [2.75, 3.05) is 12.4 Å². The second-order valence-corrected chi connectivity index (χ2v) is 5.15.